The minimum atomic E-state index is -0.475. The SMILES string of the molecule is Cc1cnc2c(C(=O)N3C[C@@H]4c5ccccc5OC[C@]4(CO)C3)cnn2c1. The predicted molar refractivity (Wildman–Crippen MR) is 97.8 cm³/mol. The molecule has 1 aromatic carbocycles. The Hall–Kier alpha value is -2.93. The first-order chi connectivity index (χ1) is 13.1. The number of hydrogen-bond acceptors (Lipinski definition) is 5. The molecule has 7 heteroatoms. The van der Waals surface area contributed by atoms with E-state index in [1.807, 2.05) is 37.4 Å². The lowest BCUT2D eigenvalue weighted by molar-refractivity contribution is 0.0440. The predicted octanol–water partition coefficient (Wildman–Crippen LogP) is 1.65. The Bertz CT molecular complexity index is 1050. The fourth-order valence-corrected chi connectivity index (χ4v) is 4.31. The number of carbonyl (C=O) groups excluding carboxylic acids is 1. The number of hydrogen-bond donors (Lipinski definition) is 1. The van der Waals surface area contributed by atoms with E-state index in [1.54, 1.807) is 21.8 Å². The Morgan fingerprint density at radius 3 is 3.07 bits per heavy atom. The van der Waals surface area contributed by atoms with E-state index in [1.165, 1.54) is 0 Å². The number of aromatic nitrogens is 3. The van der Waals surface area contributed by atoms with E-state index in [-0.39, 0.29) is 18.4 Å². The van der Waals surface area contributed by atoms with Gasteiger partial charge in [0.15, 0.2) is 5.65 Å². The van der Waals surface area contributed by atoms with Gasteiger partial charge >= 0.3 is 0 Å². The normalized spacial score (nSPS) is 23.8. The summed E-state index contributed by atoms with van der Waals surface area (Å²) < 4.78 is 7.54. The van der Waals surface area contributed by atoms with Gasteiger partial charge in [-0.25, -0.2) is 9.50 Å². The van der Waals surface area contributed by atoms with Crippen LogP contribution in [0.3, 0.4) is 0 Å². The largest absolute Gasteiger partial charge is 0.493 e. The van der Waals surface area contributed by atoms with Crippen molar-refractivity contribution < 1.29 is 14.6 Å². The van der Waals surface area contributed by atoms with Gasteiger partial charge in [-0.05, 0) is 24.1 Å². The number of carbonyl (C=O) groups is 1. The molecular formula is C20H20N4O3. The highest BCUT2D eigenvalue weighted by Crippen LogP contribution is 2.49. The summed E-state index contributed by atoms with van der Waals surface area (Å²) in [6.45, 7) is 3.31. The zero-order valence-corrected chi connectivity index (χ0v) is 15.0. The van der Waals surface area contributed by atoms with Crippen molar-refractivity contribution >= 4 is 11.6 Å². The Morgan fingerprint density at radius 2 is 2.22 bits per heavy atom. The summed E-state index contributed by atoms with van der Waals surface area (Å²) >= 11 is 0. The lowest BCUT2D eigenvalue weighted by atomic mass is 9.74. The number of fused-ring (bicyclic) bond motifs is 4. The molecule has 138 valence electrons. The van der Waals surface area contributed by atoms with E-state index in [2.05, 4.69) is 10.1 Å². The highest BCUT2D eigenvalue weighted by molar-refractivity contribution is 5.99. The summed E-state index contributed by atoms with van der Waals surface area (Å²) in [5.74, 6) is 0.781. The number of para-hydroxylation sites is 1. The Kier molecular flexibility index (Phi) is 3.48. The Labute approximate surface area is 156 Å². The maximum absolute atomic E-state index is 13.2. The molecule has 4 heterocycles. The number of nitrogens with zero attached hydrogens (tertiary/aromatic N) is 4. The summed E-state index contributed by atoms with van der Waals surface area (Å²) in [5.41, 5.74) is 2.59. The minimum Gasteiger partial charge on any atom is -0.493 e. The van der Waals surface area contributed by atoms with Crippen LogP contribution in [0.25, 0.3) is 5.65 Å². The third kappa shape index (κ3) is 2.35. The quantitative estimate of drug-likeness (QED) is 0.748. The molecular weight excluding hydrogens is 344 g/mol. The molecule has 2 aromatic heterocycles. The molecule has 1 saturated heterocycles. The fraction of sp³-hybridized carbons (Fsp3) is 0.350. The molecule has 27 heavy (non-hydrogen) atoms. The number of ether oxygens (including phenoxy) is 1. The first kappa shape index (κ1) is 16.3. The second-order valence-corrected chi connectivity index (χ2v) is 7.54. The molecule has 3 aromatic rings. The van der Waals surface area contributed by atoms with Crippen LogP contribution in [0.1, 0.15) is 27.4 Å². The topological polar surface area (TPSA) is 80.0 Å². The van der Waals surface area contributed by atoms with Gasteiger partial charge in [0.1, 0.15) is 11.3 Å². The first-order valence-corrected chi connectivity index (χ1v) is 9.03. The maximum atomic E-state index is 13.2. The summed E-state index contributed by atoms with van der Waals surface area (Å²) in [7, 11) is 0. The molecule has 2 aliphatic heterocycles. The molecule has 1 amide bonds. The Balaban J connectivity index is 1.51. The zero-order valence-electron chi connectivity index (χ0n) is 15.0. The van der Waals surface area contributed by atoms with E-state index in [0.717, 1.165) is 16.9 Å². The van der Waals surface area contributed by atoms with Gasteiger partial charge in [-0.3, -0.25) is 4.79 Å². The lowest BCUT2D eigenvalue weighted by Crippen LogP contribution is -2.42. The average molecular weight is 364 g/mol. The van der Waals surface area contributed by atoms with Crippen molar-refractivity contribution in [1.29, 1.82) is 0 Å². The molecule has 2 aliphatic rings. The van der Waals surface area contributed by atoms with Crippen molar-refractivity contribution in [3.63, 3.8) is 0 Å². The number of benzene rings is 1. The average Bonchev–Trinajstić information content (AvgIpc) is 3.29. The van der Waals surface area contributed by atoms with Crippen molar-refractivity contribution in [1.82, 2.24) is 19.5 Å². The van der Waals surface area contributed by atoms with Crippen LogP contribution in [0.5, 0.6) is 5.75 Å². The molecule has 0 aliphatic carbocycles. The summed E-state index contributed by atoms with van der Waals surface area (Å²) in [4.78, 5) is 19.4. The van der Waals surface area contributed by atoms with E-state index < -0.39 is 5.41 Å². The van der Waals surface area contributed by atoms with Gasteiger partial charge < -0.3 is 14.7 Å². The molecule has 5 rings (SSSR count). The summed E-state index contributed by atoms with van der Waals surface area (Å²) in [6.07, 6.45) is 5.15. The smallest absolute Gasteiger partial charge is 0.259 e. The highest BCUT2D eigenvalue weighted by atomic mass is 16.5. The molecule has 0 saturated carbocycles. The van der Waals surface area contributed by atoms with Crippen LogP contribution in [0.15, 0.2) is 42.9 Å². The number of aliphatic hydroxyl groups is 1. The van der Waals surface area contributed by atoms with Crippen molar-refractivity contribution in [2.75, 3.05) is 26.3 Å². The molecule has 7 nitrogen and oxygen atoms in total. The van der Waals surface area contributed by atoms with Crippen LogP contribution in [-0.2, 0) is 0 Å². The van der Waals surface area contributed by atoms with Crippen LogP contribution in [-0.4, -0.2) is 56.8 Å². The monoisotopic (exact) mass is 364 g/mol. The van der Waals surface area contributed by atoms with Gasteiger partial charge in [0.2, 0.25) is 0 Å². The van der Waals surface area contributed by atoms with Gasteiger partial charge in [0.05, 0.1) is 24.8 Å². The highest BCUT2D eigenvalue weighted by Gasteiger charge is 2.52. The fourth-order valence-electron chi connectivity index (χ4n) is 4.31. The number of rotatable bonds is 2. The molecule has 0 bridgehead atoms. The number of amides is 1. The van der Waals surface area contributed by atoms with Crippen molar-refractivity contribution in [2.45, 2.75) is 12.8 Å². The second kappa shape index (κ2) is 5.79. The second-order valence-electron chi connectivity index (χ2n) is 7.54. The molecule has 0 unspecified atom stereocenters. The first-order valence-electron chi connectivity index (χ1n) is 9.03. The van der Waals surface area contributed by atoms with Crippen molar-refractivity contribution in [3.05, 3.63) is 59.5 Å². The molecule has 0 radical (unpaired) electrons. The summed E-state index contributed by atoms with van der Waals surface area (Å²) in [5, 5.41) is 14.4. The lowest BCUT2D eigenvalue weighted by Gasteiger charge is -2.37. The minimum absolute atomic E-state index is 0.0258. The third-order valence-electron chi connectivity index (χ3n) is 5.78. The van der Waals surface area contributed by atoms with Gasteiger partial charge in [-0.15, -0.1) is 0 Å². The van der Waals surface area contributed by atoms with Crippen LogP contribution in [0, 0.1) is 12.3 Å². The van der Waals surface area contributed by atoms with E-state index >= 15 is 0 Å². The number of aryl methyl sites for hydroxylation is 1. The standard InChI is InChI=1S/C20H20N4O3/c1-13-6-21-18-15(7-22-24(18)8-13)19(26)23-9-16-14-4-2-3-5-17(14)27-12-20(16,10-23)11-25/h2-8,16,25H,9-12H2,1H3/t16-,20-/m1/s1. The Morgan fingerprint density at radius 1 is 1.37 bits per heavy atom. The zero-order chi connectivity index (χ0) is 18.6. The van der Waals surface area contributed by atoms with Crippen LogP contribution >= 0.6 is 0 Å². The molecule has 0 spiro atoms. The maximum Gasteiger partial charge on any atom is 0.259 e. The van der Waals surface area contributed by atoms with Gasteiger partial charge in [-0.2, -0.15) is 5.10 Å². The van der Waals surface area contributed by atoms with Gasteiger partial charge in [0, 0.05) is 31.4 Å². The van der Waals surface area contributed by atoms with Crippen molar-refractivity contribution in [3.8, 4) is 5.75 Å². The summed E-state index contributed by atoms with van der Waals surface area (Å²) in [6, 6.07) is 7.88. The van der Waals surface area contributed by atoms with Crippen LogP contribution in [0.4, 0.5) is 0 Å². The van der Waals surface area contributed by atoms with Crippen LogP contribution in [0.2, 0.25) is 0 Å². The third-order valence-corrected chi connectivity index (χ3v) is 5.78. The van der Waals surface area contributed by atoms with E-state index in [0.29, 0.717) is 30.9 Å². The van der Waals surface area contributed by atoms with Crippen molar-refractivity contribution in [2.24, 2.45) is 5.41 Å². The number of likely N-dealkylation sites (tertiary alicyclic amines) is 1. The number of aliphatic hydroxyl groups excluding tert-OH is 1. The van der Waals surface area contributed by atoms with Gasteiger partial charge in [-0.1, -0.05) is 18.2 Å². The van der Waals surface area contributed by atoms with E-state index in [4.69, 9.17) is 4.74 Å². The van der Waals surface area contributed by atoms with E-state index in [9.17, 15) is 9.90 Å². The molecule has 1 fully saturated rings. The molecule has 1 N–H and O–H groups in total. The van der Waals surface area contributed by atoms with Crippen LogP contribution < -0.4 is 4.74 Å². The molecule has 2 atom stereocenters. The van der Waals surface area contributed by atoms with Gasteiger partial charge in [0.25, 0.3) is 5.91 Å².